The highest BCUT2D eigenvalue weighted by atomic mass is 16.1. The van der Waals surface area contributed by atoms with Crippen molar-refractivity contribution < 1.29 is 4.79 Å². The monoisotopic (exact) mass is 238 g/mol. The van der Waals surface area contributed by atoms with E-state index in [2.05, 4.69) is 23.8 Å². The lowest BCUT2D eigenvalue weighted by molar-refractivity contribution is -0.121. The number of rotatable bonds is 4. The fourth-order valence-corrected chi connectivity index (χ4v) is 3.25. The molecule has 2 aliphatic rings. The molecule has 1 saturated heterocycles. The third-order valence-electron chi connectivity index (χ3n) is 4.57. The van der Waals surface area contributed by atoms with Crippen LogP contribution in [-0.2, 0) is 4.79 Å². The summed E-state index contributed by atoms with van der Waals surface area (Å²) in [6, 6.07) is 0.700. The van der Waals surface area contributed by atoms with Gasteiger partial charge in [-0.15, -0.1) is 0 Å². The third-order valence-corrected chi connectivity index (χ3v) is 4.57. The van der Waals surface area contributed by atoms with Crippen LogP contribution in [0.15, 0.2) is 0 Å². The van der Waals surface area contributed by atoms with Crippen LogP contribution in [0.5, 0.6) is 0 Å². The molecule has 1 atom stereocenters. The Morgan fingerprint density at radius 3 is 2.53 bits per heavy atom. The summed E-state index contributed by atoms with van der Waals surface area (Å²) < 4.78 is 0. The van der Waals surface area contributed by atoms with Gasteiger partial charge in [-0.05, 0) is 52.4 Å². The SMILES string of the molecule is CCN1CCC(N(C)CC2CCCC2=O)CC1. The molecule has 1 unspecified atom stereocenters. The summed E-state index contributed by atoms with van der Waals surface area (Å²) in [5.74, 6) is 0.840. The lowest BCUT2D eigenvalue weighted by Gasteiger charge is -2.37. The summed E-state index contributed by atoms with van der Waals surface area (Å²) in [5, 5.41) is 0. The minimum Gasteiger partial charge on any atom is -0.303 e. The molecule has 3 heteroatoms. The molecule has 0 radical (unpaired) electrons. The molecule has 0 amide bonds. The van der Waals surface area contributed by atoms with Gasteiger partial charge in [0.2, 0.25) is 0 Å². The van der Waals surface area contributed by atoms with E-state index < -0.39 is 0 Å². The van der Waals surface area contributed by atoms with E-state index in [1.54, 1.807) is 0 Å². The zero-order valence-corrected chi connectivity index (χ0v) is 11.3. The van der Waals surface area contributed by atoms with E-state index in [4.69, 9.17) is 0 Å². The lowest BCUT2D eigenvalue weighted by atomic mass is 10.0. The number of piperidine rings is 1. The zero-order chi connectivity index (χ0) is 12.3. The predicted octanol–water partition coefficient (Wildman–Crippen LogP) is 1.77. The fraction of sp³-hybridized carbons (Fsp3) is 0.929. The van der Waals surface area contributed by atoms with Crippen molar-refractivity contribution in [3.8, 4) is 0 Å². The summed E-state index contributed by atoms with van der Waals surface area (Å²) in [7, 11) is 2.21. The number of carbonyl (C=O) groups excluding carboxylic acids is 1. The summed E-state index contributed by atoms with van der Waals surface area (Å²) in [6.45, 7) is 6.86. The average Bonchev–Trinajstić information content (AvgIpc) is 2.75. The van der Waals surface area contributed by atoms with Gasteiger partial charge >= 0.3 is 0 Å². The van der Waals surface area contributed by atoms with Crippen LogP contribution in [0.25, 0.3) is 0 Å². The first kappa shape index (κ1) is 13.0. The average molecular weight is 238 g/mol. The smallest absolute Gasteiger partial charge is 0.137 e. The van der Waals surface area contributed by atoms with Crippen LogP contribution >= 0.6 is 0 Å². The van der Waals surface area contributed by atoms with Gasteiger partial charge in [0.05, 0.1) is 0 Å². The van der Waals surface area contributed by atoms with E-state index >= 15 is 0 Å². The summed E-state index contributed by atoms with van der Waals surface area (Å²) in [6.07, 6.45) is 5.60. The van der Waals surface area contributed by atoms with Crippen molar-refractivity contribution in [1.29, 1.82) is 0 Å². The highest BCUT2D eigenvalue weighted by Gasteiger charge is 2.28. The third kappa shape index (κ3) is 3.29. The second-order valence-corrected chi connectivity index (χ2v) is 5.66. The van der Waals surface area contributed by atoms with E-state index in [9.17, 15) is 4.79 Å². The van der Waals surface area contributed by atoms with E-state index in [0.29, 0.717) is 17.7 Å². The van der Waals surface area contributed by atoms with Crippen molar-refractivity contribution in [2.45, 2.75) is 45.1 Å². The number of hydrogen-bond donors (Lipinski definition) is 0. The van der Waals surface area contributed by atoms with Crippen molar-refractivity contribution in [3.63, 3.8) is 0 Å². The van der Waals surface area contributed by atoms with E-state index in [0.717, 1.165) is 25.8 Å². The quantitative estimate of drug-likeness (QED) is 0.746. The molecule has 2 rings (SSSR count). The molecule has 1 aliphatic heterocycles. The number of Topliss-reactive ketones (excluding diaryl/α,β-unsaturated/α-hetero) is 1. The van der Waals surface area contributed by atoms with Crippen molar-refractivity contribution in [3.05, 3.63) is 0 Å². The molecule has 1 saturated carbocycles. The van der Waals surface area contributed by atoms with Gasteiger partial charge in [-0.3, -0.25) is 4.79 Å². The minimum absolute atomic E-state index is 0.337. The Hall–Kier alpha value is -0.410. The van der Waals surface area contributed by atoms with Crippen molar-refractivity contribution in [2.75, 3.05) is 33.2 Å². The summed E-state index contributed by atoms with van der Waals surface area (Å²) in [4.78, 5) is 16.6. The molecular weight excluding hydrogens is 212 g/mol. The highest BCUT2D eigenvalue weighted by molar-refractivity contribution is 5.83. The van der Waals surface area contributed by atoms with Crippen molar-refractivity contribution in [1.82, 2.24) is 9.80 Å². The number of nitrogens with zero attached hydrogens (tertiary/aromatic N) is 2. The van der Waals surface area contributed by atoms with Crippen LogP contribution in [0, 0.1) is 5.92 Å². The molecule has 0 N–H and O–H groups in total. The number of ketones is 1. The molecule has 0 aromatic rings. The first-order chi connectivity index (χ1) is 8.20. The predicted molar refractivity (Wildman–Crippen MR) is 70.1 cm³/mol. The van der Waals surface area contributed by atoms with Gasteiger partial charge in [0.1, 0.15) is 5.78 Å². The Balaban J connectivity index is 1.76. The van der Waals surface area contributed by atoms with E-state index in [1.165, 1.54) is 32.5 Å². The van der Waals surface area contributed by atoms with Gasteiger partial charge in [-0.2, -0.15) is 0 Å². The largest absolute Gasteiger partial charge is 0.303 e. The molecule has 0 spiro atoms. The maximum absolute atomic E-state index is 11.7. The van der Waals surface area contributed by atoms with Crippen LogP contribution in [0.3, 0.4) is 0 Å². The van der Waals surface area contributed by atoms with Gasteiger partial charge in [0, 0.05) is 24.9 Å². The second-order valence-electron chi connectivity index (χ2n) is 5.66. The molecule has 17 heavy (non-hydrogen) atoms. The minimum atomic E-state index is 0.337. The van der Waals surface area contributed by atoms with Gasteiger partial charge in [0.15, 0.2) is 0 Å². The Labute approximate surface area is 105 Å². The second kappa shape index (κ2) is 5.96. The summed E-state index contributed by atoms with van der Waals surface area (Å²) in [5.41, 5.74) is 0. The molecule has 98 valence electrons. The lowest BCUT2D eigenvalue weighted by Crippen LogP contribution is -2.45. The molecule has 1 heterocycles. The zero-order valence-electron chi connectivity index (χ0n) is 11.3. The molecule has 1 aliphatic carbocycles. The topological polar surface area (TPSA) is 23.6 Å². The molecule has 0 aromatic carbocycles. The first-order valence-corrected chi connectivity index (χ1v) is 7.16. The molecule has 0 bridgehead atoms. The summed E-state index contributed by atoms with van der Waals surface area (Å²) >= 11 is 0. The van der Waals surface area contributed by atoms with Crippen LogP contribution in [0.2, 0.25) is 0 Å². The van der Waals surface area contributed by atoms with Gasteiger partial charge in [0.25, 0.3) is 0 Å². The van der Waals surface area contributed by atoms with Gasteiger partial charge < -0.3 is 9.80 Å². The molecular formula is C14H26N2O. The van der Waals surface area contributed by atoms with Crippen LogP contribution in [0.1, 0.15) is 39.0 Å². The Bertz CT molecular complexity index is 259. The fourth-order valence-electron chi connectivity index (χ4n) is 3.25. The number of hydrogen-bond acceptors (Lipinski definition) is 3. The molecule has 0 aromatic heterocycles. The highest BCUT2D eigenvalue weighted by Crippen LogP contribution is 2.24. The van der Waals surface area contributed by atoms with E-state index in [-0.39, 0.29) is 0 Å². The van der Waals surface area contributed by atoms with Crippen LogP contribution in [-0.4, -0.2) is 54.9 Å². The Morgan fingerprint density at radius 2 is 2.00 bits per heavy atom. The normalized spacial score (nSPS) is 28.2. The first-order valence-electron chi connectivity index (χ1n) is 7.16. The van der Waals surface area contributed by atoms with E-state index in [1.807, 2.05) is 0 Å². The Morgan fingerprint density at radius 1 is 1.29 bits per heavy atom. The van der Waals surface area contributed by atoms with Gasteiger partial charge in [-0.1, -0.05) is 6.92 Å². The van der Waals surface area contributed by atoms with Crippen LogP contribution < -0.4 is 0 Å². The van der Waals surface area contributed by atoms with Crippen molar-refractivity contribution in [2.24, 2.45) is 5.92 Å². The van der Waals surface area contributed by atoms with Crippen LogP contribution in [0.4, 0.5) is 0 Å². The maximum atomic E-state index is 11.7. The Kier molecular flexibility index (Phi) is 4.57. The van der Waals surface area contributed by atoms with Gasteiger partial charge in [-0.25, -0.2) is 0 Å². The number of likely N-dealkylation sites (tertiary alicyclic amines) is 1. The number of carbonyl (C=O) groups is 1. The maximum Gasteiger partial charge on any atom is 0.137 e. The molecule has 2 fully saturated rings. The standard InChI is InChI=1S/C14H26N2O/c1-3-16-9-7-13(8-10-16)15(2)11-12-5-4-6-14(12)17/h12-13H,3-11H2,1-2H3. The molecule has 3 nitrogen and oxygen atoms in total. The van der Waals surface area contributed by atoms with Crippen molar-refractivity contribution >= 4 is 5.78 Å².